The van der Waals surface area contributed by atoms with Crippen LogP contribution < -0.4 is 0 Å². The molecule has 1 aromatic carbocycles. The fraction of sp³-hybridized carbons (Fsp3) is 0.500. The Morgan fingerprint density at radius 1 is 1.43 bits per heavy atom. The number of phenolic OH excluding ortho intramolecular Hbond substituents is 1. The Balaban J connectivity index is 2.57. The van der Waals surface area contributed by atoms with Gasteiger partial charge in [-0.3, -0.25) is 0 Å². The highest BCUT2D eigenvalue weighted by atomic mass is 32.2. The summed E-state index contributed by atoms with van der Waals surface area (Å²) in [6.45, 7) is 6.56. The van der Waals surface area contributed by atoms with Crippen LogP contribution in [0.25, 0.3) is 0 Å². The van der Waals surface area contributed by atoms with Crippen molar-refractivity contribution in [2.45, 2.75) is 43.3 Å². The maximum atomic E-state index is 9.86. The van der Waals surface area contributed by atoms with Crippen molar-refractivity contribution in [1.82, 2.24) is 0 Å². The number of hydrogen-bond donors (Lipinski definition) is 1. The summed E-state index contributed by atoms with van der Waals surface area (Å²) >= 11 is 1.90. The summed E-state index contributed by atoms with van der Waals surface area (Å²) in [7, 11) is 0. The van der Waals surface area contributed by atoms with E-state index in [1.54, 1.807) is 0 Å². The van der Waals surface area contributed by atoms with Crippen LogP contribution in [0.5, 0.6) is 5.75 Å². The zero-order chi connectivity index (χ0) is 10.3. The second kappa shape index (κ2) is 3.50. The number of hydrogen-bond acceptors (Lipinski definition) is 2. The Bertz CT molecular complexity index is 360. The van der Waals surface area contributed by atoms with Gasteiger partial charge in [-0.15, -0.1) is 11.8 Å². The van der Waals surface area contributed by atoms with Gasteiger partial charge in [-0.05, 0) is 25.0 Å². The van der Waals surface area contributed by atoms with Crippen LogP contribution in [-0.4, -0.2) is 10.4 Å². The van der Waals surface area contributed by atoms with Crippen LogP contribution in [0, 0.1) is 6.92 Å². The third kappa shape index (κ3) is 1.33. The molecule has 2 atom stereocenters. The molecule has 2 rings (SSSR count). The lowest BCUT2D eigenvalue weighted by molar-refractivity contribution is 0.457. The summed E-state index contributed by atoms with van der Waals surface area (Å²) in [5.74, 6) is 1.00. The van der Waals surface area contributed by atoms with E-state index in [-0.39, 0.29) is 0 Å². The smallest absolute Gasteiger partial charge is 0.120 e. The van der Waals surface area contributed by atoms with Crippen molar-refractivity contribution in [1.29, 1.82) is 0 Å². The van der Waals surface area contributed by atoms with E-state index in [9.17, 15) is 5.11 Å². The molecule has 0 fully saturated rings. The fourth-order valence-electron chi connectivity index (χ4n) is 2.25. The van der Waals surface area contributed by atoms with E-state index in [1.165, 1.54) is 16.0 Å². The van der Waals surface area contributed by atoms with Crippen molar-refractivity contribution in [3.05, 3.63) is 23.3 Å². The first kappa shape index (κ1) is 9.91. The van der Waals surface area contributed by atoms with E-state index in [1.807, 2.05) is 23.9 Å². The lowest BCUT2D eigenvalue weighted by Gasteiger charge is -2.13. The number of aromatic hydroxyl groups is 1. The molecule has 0 radical (unpaired) electrons. The van der Waals surface area contributed by atoms with Crippen molar-refractivity contribution < 1.29 is 5.11 Å². The molecule has 2 heteroatoms. The number of fused-ring (bicyclic) bond motifs is 1. The average molecular weight is 208 g/mol. The Morgan fingerprint density at radius 2 is 2.14 bits per heavy atom. The predicted octanol–water partition coefficient (Wildman–Crippen LogP) is 3.69. The van der Waals surface area contributed by atoms with Gasteiger partial charge in [0.2, 0.25) is 0 Å². The minimum Gasteiger partial charge on any atom is -0.508 e. The Morgan fingerprint density at radius 3 is 2.79 bits per heavy atom. The predicted molar refractivity (Wildman–Crippen MR) is 61.2 cm³/mol. The first-order chi connectivity index (χ1) is 6.65. The van der Waals surface area contributed by atoms with Gasteiger partial charge >= 0.3 is 0 Å². The van der Waals surface area contributed by atoms with Crippen LogP contribution in [0.3, 0.4) is 0 Å². The third-order valence-corrected chi connectivity index (χ3v) is 4.53. The van der Waals surface area contributed by atoms with Crippen molar-refractivity contribution in [3.8, 4) is 5.75 Å². The molecule has 0 aliphatic carbocycles. The maximum absolute atomic E-state index is 9.86. The number of benzene rings is 1. The SMILES string of the molecule is CCC1c2c(O)ccc(C)c2SC1C. The highest BCUT2D eigenvalue weighted by Gasteiger charge is 2.32. The largest absolute Gasteiger partial charge is 0.508 e. The van der Waals surface area contributed by atoms with Crippen LogP contribution in [0.1, 0.15) is 37.3 Å². The third-order valence-electron chi connectivity index (χ3n) is 3.05. The van der Waals surface area contributed by atoms with Crippen molar-refractivity contribution >= 4 is 11.8 Å². The zero-order valence-electron chi connectivity index (χ0n) is 8.87. The van der Waals surface area contributed by atoms with E-state index < -0.39 is 0 Å². The van der Waals surface area contributed by atoms with E-state index in [2.05, 4.69) is 20.8 Å². The fourth-order valence-corrected chi connectivity index (χ4v) is 3.75. The highest BCUT2D eigenvalue weighted by molar-refractivity contribution is 8.00. The van der Waals surface area contributed by atoms with Crippen LogP contribution >= 0.6 is 11.8 Å². The molecule has 0 aromatic heterocycles. The van der Waals surface area contributed by atoms with E-state index in [0.29, 0.717) is 16.9 Å². The van der Waals surface area contributed by atoms with Gasteiger partial charge in [0.25, 0.3) is 0 Å². The molecule has 1 aliphatic rings. The standard InChI is InChI=1S/C12H16OS/c1-4-9-8(3)14-12-7(2)5-6-10(13)11(9)12/h5-6,8-9,13H,4H2,1-3H3. The molecule has 1 aliphatic heterocycles. The van der Waals surface area contributed by atoms with Crippen LogP contribution in [-0.2, 0) is 0 Å². The zero-order valence-corrected chi connectivity index (χ0v) is 9.69. The van der Waals surface area contributed by atoms with Gasteiger partial charge in [-0.25, -0.2) is 0 Å². The maximum Gasteiger partial charge on any atom is 0.120 e. The Kier molecular flexibility index (Phi) is 2.48. The molecule has 76 valence electrons. The molecule has 1 heterocycles. The molecule has 0 amide bonds. The van der Waals surface area contributed by atoms with Crippen LogP contribution in [0.4, 0.5) is 0 Å². The minimum absolute atomic E-state index is 0.481. The topological polar surface area (TPSA) is 20.2 Å². The summed E-state index contributed by atoms with van der Waals surface area (Å²) in [6, 6.07) is 3.83. The number of rotatable bonds is 1. The molecular formula is C12H16OS. The van der Waals surface area contributed by atoms with Crippen LogP contribution in [0.15, 0.2) is 17.0 Å². The van der Waals surface area contributed by atoms with Crippen molar-refractivity contribution in [2.75, 3.05) is 0 Å². The molecule has 1 aromatic rings. The summed E-state index contributed by atoms with van der Waals surface area (Å²) in [5, 5.41) is 10.5. The normalized spacial score (nSPS) is 25.1. The summed E-state index contributed by atoms with van der Waals surface area (Å²) in [4.78, 5) is 1.31. The number of aryl methyl sites for hydroxylation is 1. The number of phenols is 1. The van der Waals surface area contributed by atoms with Gasteiger partial charge in [0.15, 0.2) is 0 Å². The van der Waals surface area contributed by atoms with Gasteiger partial charge in [0.05, 0.1) is 0 Å². The quantitative estimate of drug-likeness (QED) is 0.759. The first-order valence-corrected chi connectivity index (χ1v) is 6.02. The summed E-state index contributed by atoms with van der Waals surface area (Å²) in [6.07, 6.45) is 1.11. The molecule has 2 unspecified atom stereocenters. The van der Waals surface area contributed by atoms with Crippen molar-refractivity contribution in [2.24, 2.45) is 0 Å². The molecular weight excluding hydrogens is 192 g/mol. The first-order valence-electron chi connectivity index (χ1n) is 5.14. The van der Waals surface area contributed by atoms with E-state index in [4.69, 9.17) is 0 Å². The summed E-state index contributed by atoms with van der Waals surface area (Å²) in [5.41, 5.74) is 2.48. The minimum atomic E-state index is 0.481. The van der Waals surface area contributed by atoms with Gasteiger partial charge in [0, 0.05) is 21.6 Å². The average Bonchev–Trinajstić information content (AvgIpc) is 2.50. The highest BCUT2D eigenvalue weighted by Crippen LogP contribution is 2.51. The summed E-state index contributed by atoms with van der Waals surface area (Å²) < 4.78 is 0. The monoisotopic (exact) mass is 208 g/mol. The molecule has 14 heavy (non-hydrogen) atoms. The molecule has 0 bridgehead atoms. The number of thioether (sulfide) groups is 1. The Labute approximate surface area is 89.5 Å². The Hall–Kier alpha value is -0.630. The lowest BCUT2D eigenvalue weighted by Crippen LogP contribution is -2.04. The molecule has 0 saturated heterocycles. The van der Waals surface area contributed by atoms with Gasteiger partial charge in [-0.1, -0.05) is 19.9 Å². The van der Waals surface area contributed by atoms with Crippen LogP contribution in [0.2, 0.25) is 0 Å². The molecule has 1 nitrogen and oxygen atoms in total. The molecule has 0 saturated carbocycles. The molecule has 1 N–H and O–H groups in total. The van der Waals surface area contributed by atoms with E-state index in [0.717, 1.165) is 6.42 Å². The van der Waals surface area contributed by atoms with Gasteiger partial charge < -0.3 is 5.11 Å². The van der Waals surface area contributed by atoms with Crippen molar-refractivity contribution in [3.63, 3.8) is 0 Å². The van der Waals surface area contributed by atoms with E-state index >= 15 is 0 Å². The lowest BCUT2D eigenvalue weighted by atomic mass is 9.92. The molecule has 0 spiro atoms. The van der Waals surface area contributed by atoms with Gasteiger partial charge in [0.1, 0.15) is 5.75 Å². The van der Waals surface area contributed by atoms with Gasteiger partial charge in [-0.2, -0.15) is 0 Å². The second-order valence-electron chi connectivity index (χ2n) is 3.98. The second-order valence-corrected chi connectivity index (χ2v) is 5.37.